The van der Waals surface area contributed by atoms with E-state index in [9.17, 15) is 0 Å². The molecule has 0 radical (unpaired) electrons. The minimum atomic E-state index is 0.878. The van der Waals surface area contributed by atoms with Gasteiger partial charge in [0, 0.05) is 27.7 Å². The topological polar surface area (TPSA) is 16.4 Å². The van der Waals surface area contributed by atoms with Gasteiger partial charge in [0.2, 0.25) is 0 Å². The summed E-state index contributed by atoms with van der Waals surface area (Å²) in [5.41, 5.74) is 16.7. The normalized spacial score (nSPS) is 11.4. The van der Waals surface area contributed by atoms with Crippen LogP contribution in [0, 0.1) is 0 Å². The molecule has 12 rings (SSSR count). The Labute approximate surface area is 372 Å². The zero-order valence-electron chi connectivity index (χ0n) is 35.0. The van der Waals surface area contributed by atoms with Crippen molar-refractivity contribution in [1.29, 1.82) is 0 Å². The highest BCUT2D eigenvalue weighted by Crippen LogP contribution is 2.44. The maximum absolute atomic E-state index is 6.41. The number of para-hydroxylation sites is 2. The second-order valence-electron chi connectivity index (χ2n) is 16.5. The predicted octanol–water partition coefficient (Wildman–Crippen LogP) is 17.7. The Morgan fingerprint density at radius 1 is 0.250 bits per heavy atom. The lowest BCUT2D eigenvalue weighted by Gasteiger charge is -2.28. The van der Waals surface area contributed by atoms with Crippen LogP contribution in [0.15, 0.2) is 253 Å². The molecule has 0 atom stereocenters. The maximum Gasteiger partial charge on any atom is 0.136 e. The van der Waals surface area contributed by atoms with Crippen LogP contribution in [0.2, 0.25) is 0 Å². The second kappa shape index (κ2) is 15.8. The van der Waals surface area contributed by atoms with Crippen LogP contribution in [-0.4, -0.2) is 0 Å². The summed E-state index contributed by atoms with van der Waals surface area (Å²) < 4.78 is 6.41. The Morgan fingerprint density at radius 3 is 1.59 bits per heavy atom. The summed E-state index contributed by atoms with van der Waals surface area (Å²) >= 11 is 0. The van der Waals surface area contributed by atoms with Gasteiger partial charge in [-0.15, -0.1) is 0 Å². The summed E-state index contributed by atoms with van der Waals surface area (Å²) in [5.74, 6) is 0. The van der Waals surface area contributed by atoms with Crippen LogP contribution in [0.4, 0.5) is 17.1 Å². The highest BCUT2D eigenvalue weighted by Gasteiger charge is 2.20. The van der Waals surface area contributed by atoms with Crippen molar-refractivity contribution < 1.29 is 4.42 Å². The molecule has 0 bridgehead atoms. The molecular weight excluding hydrogens is 775 g/mol. The van der Waals surface area contributed by atoms with E-state index >= 15 is 0 Å². The average molecular weight is 816 g/mol. The molecular formula is C62H41NO. The first-order valence-electron chi connectivity index (χ1n) is 21.9. The smallest absolute Gasteiger partial charge is 0.136 e. The molecule has 0 spiro atoms. The van der Waals surface area contributed by atoms with Crippen molar-refractivity contribution >= 4 is 60.5 Å². The van der Waals surface area contributed by atoms with Crippen molar-refractivity contribution in [2.75, 3.05) is 4.90 Å². The number of hydrogen-bond donors (Lipinski definition) is 0. The van der Waals surface area contributed by atoms with Gasteiger partial charge in [-0.1, -0.05) is 194 Å². The summed E-state index contributed by atoms with van der Waals surface area (Å²) in [6.07, 6.45) is 0. The fourth-order valence-electron chi connectivity index (χ4n) is 9.51. The van der Waals surface area contributed by atoms with Gasteiger partial charge in [0.15, 0.2) is 0 Å². The average Bonchev–Trinajstić information content (AvgIpc) is 3.75. The van der Waals surface area contributed by atoms with E-state index in [0.717, 1.165) is 61.3 Å². The fraction of sp³-hybridized carbons (Fsp3) is 0. The molecule has 1 heterocycles. The SMILES string of the molecule is c1cc(-c2ccccc2-c2ccc3ccccc3c2)cc(N(c2ccc(-c3ccc(-c4cccc5ccccc45)cc3)cc2)c2ccccc2-c2ccc3c(c2)oc2ccccc23)c1. The van der Waals surface area contributed by atoms with E-state index < -0.39 is 0 Å². The third kappa shape index (κ3) is 6.70. The minimum absolute atomic E-state index is 0.878. The zero-order valence-corrected chi connectivity index (χ0v) is 35.0. The van der Waals surface area contributed by atoms with Crippen LogP contribution < -0.4 is 4.90 Å². The highest BCUT2D eigenvalue weighted by molar-refractivity contribution is 6.06. The van der Waals surface area contributed by atoms with E-state index in [1.807, 2.05) is 12.1 Å². The lowest BCUT2D eigenvalue weighted by Crippen LogP contribution is -2.11. The molecule has 0 aliphatic carbocycles. The Balaban J connectivity index is 0.967. The molecule has 0 unspecified atom stereocenters. The summed E-state index contributed by atoms with van der Waals surface area (Å²) in [4.78, 5) is 2.40. The van der Waals surface area contributed by atoms with Gasteiger partial charge in [-0.05, 0) is 126 Å². The molecule has 0 saturated carbocycles. The molecule has 11 aromatic carbocycles. The van der Waals surface area contributed by atoms with Gasteiger partial charge in [-0.2, -0.15) is 0 Å². The molecule has 0 amide bonds. The van der Waals surface area contributed by atoms with Crippen LogP contribution in [0.25, 0.3) is 99.1 Å². The first kappa shape index (κ1) is 37.3. The van der Waals surface area contributed by atoms with Gasteiger partial charge < -0.3 is 9.32 Å². The first-order valence-corrected chi connectivity index (χ1v) is 21.9. The van der Waals surface area contributed by atoms with Gasteiger partial charge in [0.1, 0.15) is 11.2 Å². The van der Waals surface area contributed by atoms with E-state index in [0.29, 0.717) is 0 Å². The van der Waals surface area contributed by atoms with E-state index in [1.54, 1.807) is 0 Å². The lowest BCUT2D eigenvalue weighted by atomic mass is 9.93. The Hall–Kier alpha value is -8.46. The summed E-state index contributed by atoms with van der Waals surface area (Å²) in [5, 5.41) is 7.23. The van der Waals surface area contributed by atoms with Crippen molar-refractivity contribution in [2.24, 2.45) is 0 Å². The minimum Gasteiger partial charge on any atom is -0.456 e. The predicted molar refractivity (Wildman–Crippen MR) is 271 cm³/mol. The van der Waals surface area contributed by atoms with Gasteiger partial charge in [-0.25, -0.2) is 0 Å². The van der Waals surface area contributed by atoms with Crippen molar-refractivity contribution in [3.05, 3.63) is 249 Å². The molecule has 300 valence electrons. The Kier molecular flexibility index (Phi) is 9.20. The zero-order chi connectivity index (χ0) is 42.4. The Morgan fingerprint density at radius 2 is 0.781 bits per heavy atom. The van der Waals surface area contributed by atoms with Crippen LogP contribution in [0.1, 0.15) is 0 Å². The number of rotatable bonds is 8. The molecule has 1 aromatic heterocycles. The monoisotopic (exact) mass is 815 g/mol. The molecule has 0 fully saturated rings. The van der Waals surface area contributed by atoms with Crippen LogP contribution in [0.3, 0.4) is 0 Å². The van der Waals surface area contributed by atoms with Crippen LogP contribution in [0.5, 0.6) is 0 Å². The number of nitrogens with zero attached hydrogens (tertiary/aromatic N) is 1. The number of furan rings is 1. The number of benzene rings is 11. The molecule has 12 aromatic rings. The molecule has 2 heteroatoms. The maximum atomic E-state index is 6.41. The van der Waals surface area contributed by atoms with Crippen molar-refractivity contribution in [3.8, 4) is 55.6 Å². The van der Waals surface area contributed by atoms with E-state index in [-0.39, 0.29) is 0 Å². The molecule has 0 saturated heterocycles. The molecule has 0 aliphatic heterocycles. The van der Waals surface area contributed by atoms with Crippen LogP contribution >= 0.6 is 0 Å². The molecule has 2 nitrogen and oxygen atoms in total. The molecule has 0 aliphatic rings. The van der Waals surface area contributed by atoms with Crippen molar-refractivity contribution in [3.63, 3.8) is 0 Å². The lowest BCUT2D eigenvalue weighted by molar-refractivity contribution is 0.669. The summed E-state index contributed by atoms with van der Waals surface area (Å²) in [7, 11) is 0. The summed E-state index contributed by atoms with van der Waals surface area (Å²) in [6, 6.07) is 89.8. The van der Waals surface area contributed by atoms with Gasteiger partial charge >= 0.3 is 0 Å². The van der Waals surface area contributed by atoms with Crippen LogP contribution in [-0.2, 0) is 0 Å². The van der Waals surface area contributed by atoms with Crippen molar-refractivity contribution in [2.45, 2.75) is 0 Å². The number of hydrogen-bond acceptors (Lipinski definition) is 2. The fourth-order valence-corrected chi connectivity index (χ4v) is 9.51. The quantitative estimate of drug-likeness (QED) is 0.152. The van der Waals surface area contributed by atoms with Gasteiger partial charge in [0.25, 0.3) is 0 Å². The number of anilines is 3. The second-order valence-corrected chi connectivity index (χ2v) is 16.5. The van der Waals surface area contributed by atoms with E-state index in [2.05, 4.69) is 241 Å². The third-order valence-corrected chi connectivity index (χ3v) is 12.7. The first-order chi connectivity index (χ1) is 31.7. The highest BCUT2D eigenvalue weighted by atomic mass is 16.3. The third-order valence-electron chi connectivity index (χ3n) is 12.7. The van der Waals surface area contributed by atoms with Gasteiger partial charge in [0.05, 0.1) is 5.69 Å². The molecule has 64 heavy (non-hydrogen) atoms. The van der Waals surface area contributed by atoms with E-state index in [4.69, 9.17) is 4.42 Å². The van der Waals surface area contributed by atoms with Gasteiger partial charge in [-0.3, -0.25) is 0 Å². The molecule has 0 N–H and O–H groups in total. The number of fused-ring (bicyclic) bond motifs is 5. The Bertz CT molecular complexity index is 3670. The largest absolute Gasteiger partial charge is 0.456 e. The van der Waals surface area contributed by atoms with E-state index in [1.165, 1.54) is 54.9 Å². The standard InChI is InChI=1S/C62H41NO/c1-2-15-47-39-49(32-29-42(47)13-1)56-21-6-5-20-55(56)48-17-11-18-52(40-48)63(60-25-9-7-22-57(60)50-35-38-59-58-23-8-10-26-61(58)64-62(59)41-50)51-36-33-44(34-37-51)43-27-30-46(31-28-43)54-24-12-16-45-14-3-4-19-53(45)54/h1-41H. The van der Waals surface area contributed by atoms with Crippen molar-refractivity contribution in [1.82, 2.24) is 0 Å². The summed E-state index contributed by atoms with van der Waals surface area (Å²) in [6.45, 7) is 0.